The molecule has 0 bridgehead atoms. The van der Waals surface area contributed by atoms with Crippen LogP contribution in [0, 0.1) is 17.1 Å². The second-order valence-corrected chi connectivity index (χ2v) is 6.06. The summed E-state index contributed by atoms with van der Waals surface area (Å²) in [5.41, 5.74) is 0.962. The number of sulfonamides is 1. The number of anilines is 1. The van der Waals surface area contributed by atoms with Gasteiger partial charge in [-0.15, -0.1) is 0 Å². The molecular formula is C14H11FN2O3S. The molecule has 0 aliphatic rings. The predicted molar refractivity (Wildman–Crippen MR) is 75.5 cm³/mol. The molecule has 0 aliphatic carbocycles. The smallest absolute Gasteiger partial charge is 0.236 e. The Morgan fingerprint density at radius 2 is 1.86 bits per heavy atom. The molecule has 2 rings (SSSR count). The van der Waals surface area contributed by atoms with Gasteiger partial charge in [0.1, 0.15) is 0 Å². The summed E-state index contributed by atoms with van der Waals surface area (Å²) in [6.07, 6.45) is 0. The van der Waals surface area contributed by atoms with Gasteiger partial charge < -0.3 is 5.11 Å². The van der Waals surface area contributed by atoms with Gasteiger partial charge in [-0.25, -0.2) is 12.8 Å². The third-order valence-corrected chi connectivity index (χ3v) is 3.92. The Morgan fingerprint density at radius 1 is 1.19 bits per heavy atom. The van der Waals surface area contributed by atoms with E-state index in [1.165, 1.54) is 30.3 Å². The van der Waals surface area contributed by atoms with Gasteiger partial charge in [0.25, 0.3) is 0 Å². The summed E-state index contributed by atoms with van der Waals surface area (Å²) in [6.45, 7) is 0. The lowest BCUT2D eigenvalue weighted by Crippen LogP contribution is -2.15. The average Bonchev–Trinajstić information content (AvgIpc) is 2.43. The van der Waals surface area contributed by atoms with E-state index in [1.54, 1.807) is 0 Å². The Morgan fingerprint density at radius 3 is 2.43 bits per heavy atom. The third-order valence-electron chi connectivity index (χ3n) is 2.66. The predicted octanol–water partition coefficient (Wildman–Crippen LogP) is 2.34. The monoisotopic (exact) mass is 306 g/mol. The highest BCUT2D eigenvalue weighted by molar-refractivity contribution is 7.91. The molecule has 0 aromatic heterocycles. The SMILES string of the molecule is N#Cc1ccc(CS(=O)(=O)Nc2ccc(O)c(F)c2)cc1. The van der Waals surface area contributed by atoms with Crippen molar-refractivity contribution in [2.45, 2.75) is 5.75 Å². The zero-order valence-electron chi connectivity index (χ0n) is 10.7. The quantitative estimate of drug-likeness (QED) is 0.848. The number of nitrogens with one attached hydrogen (secondary N) is 1. The number of phenols is 1. The first-order valence-corrected chi connectivity index (χ1v) is 7.53. The lowest BCUT2D eigenvalue weighted by atomic mass is 10.2. The van der Waals surface area contributed by atoms with E-state index >= 15 is 0 Å². The number of nitrogens with zero attached hydrogens (tertiary/aromatic N) is 1. The van der Waals surface area contributed by atoms with E-state index in [0.717, 1.165) is 12.1 Å². The van der Waals surface area contributed by atoms with Crippen molar-refractivity contribution in [1.29, 1.82) is 5.26 Å². The van der Waals surface area contributed by atoms with E-state index in [2.05, 4.69) is 4.72 Å². The van der Waals surface area contributed by atoms with Crippen molar-refractivity contribution in [2.75, 3.05) is 4.72 Å². The Bertz CT molecular complexity index is 796. The maximum atomic E-state index is 13.1. The van der Waals surface area contributed by atoms with E-state index in [1.807, 2.05) is 6.07 Å². The fraction of sp³-hybridized carbons (Fsp3) is 0.0714. The van der Waals surface area contributed by atoms with Gasteiger partial charge in [-0.2, -0.15) is 5.26 Å². The van der Waals surface area contributed by atoms with Crippen molar-refractivity contribution in [1.82, 2.24) is 0 Å². The summed E-state index contributed by atoms with van der Waals surface area (Å²) in [4.78, 5) is 0. The molecule has 0 fully saturated rings. The van der Waals surface area contributed by atoms with E-state index in [0.29, 0.717) is 11.1 Å². The van der Waals surface area contributed by atoms with Crippen molar-refractivity contribution >= 4 is 15.7 Å². The number of benzene rings is 2. The second kappa shape index (κ2) is 5.81. The van der Waals surface area contributed by atoms with Crippen LogP contribution in [0.3, 0.4) is 0 Å². The normalized spacial score (nSPS) is 10.9. The molecule has 0 unspecified atom stereocenters. The molecule has 0 saturated carbocycles. The van der Waals surface area contributed by atoms with Gasteiger partial charge in [-0.05, 0) is 29.8 Å². The summed E-state index contributed by atoms with van der Waals surface area (Å²) in [7, 11) is -3.72. The molecule has 0 atom stereocenters. The maximum absolute atomic E-state index is 13.1. The zero-order chi connectivity index (χ0) is 15.5. The Balaban J connectivity index is 2.14. The van der Waals surface area contributed by atoms with Gasteiger partial charge >= 0.3 is 0 Å². The molecule has 2 aromatic rings. The van der Waals surface area contributed by atoms with Gasteiger partial charge in [0.15, 0.2) is 11.6 Å². The minimum absolute atomic E-state index is 0.0268. The number of rotatable bonds is 4. The molecule has 108 valence electrons. The first-order chi connectivity index (χ1) is 9.89. The molecule has 0 amide bonds. The molecule has 2 aromatic carbocycles. The number of nitriles is 1. The van der Waals surface area contributed by atoms with Crippen LogP contribution in [0.25, 0.3) is 0 Å². The molecule has 0 spiro atoms. The number of hydrogen-bond acceptors (Lipinski definition) is 4. The summed E-state index contributed by atoms with van der Waals surface area (Å²) in [6, 6.07) is 11.3. The van der Waals surface area contributed by atoms with Crippen LogP contribution in [0.4, 0.5) is 10.1 Å². The lowest BCUT2D eigenvalue weighted by Gasteiger charge is -2.08. The molecule has 7 heteroatoms. The van der Waals surface area contributed by atoms with E-state index < -0.39 is 21.6 Å². The largest absolute Gasteiger partial charge is 0.505 e. The van der Waals surface area contributed by atoms with Crippen LogP contribution in [0.15, 0.2) is 42.5 Å². The van der Waals surface area contributed by atoms with Gasteiger partial charge in [0, 0.05) is 6.07 Å². The van der Waals surface area contributed by atoms with Crippen molar-refractivity contribution < 1.29 is 17.9 Å². The Kier molecular flexibility index (Phi) is 4.10. The molecule has 2 N–H and O–H groups in total. The molecule has 0 radical (unpaired) electrons. The van der Waals surface area contributed by atoms with Crippen molar-refractivity contribution in [3.05, 3.63) is 59.4 Å². The topological polar surface area (TPSA) is 90.2 Å². The van der Waals surface area contributed by atoms with Crippen molar-refractivity contribution in [2.24, 2.45) is 0 Å². The summed E-state index contributed by atoms with van der Waals surface area (Å²) >= 11 is 0. The Labute approximate surface area is 121 Å². The number of phenolic OH excluding ortho intramolecular Hbond substituents is 1. The molecule has 0 aliphatic heterocycles. The van der Waals surface area contributed by atoms with Crippen molar-refractivity contribution in [3.63, 3.8) is 0 Å². The van der Waals surface area contributed by atoms with Crippen LogP contribution in [0.5, 0.6) is 5.75 Å². The average molecular weight is 306 g/mol. The van der Waals surface area contributed by atoms with Crippen LogP contribution in [-0.4, -0.2) is 13.5 Å². The minimum atomic E-state index is -3.72. The molecular weight excluding hydrogens is 295 g/mol. The van der Waals surface area contributed by atoms with E-state index in [-0.39, 0.29) is 11.4 Å². The summed E-state index contributed by atoms with van der Waals surface area (Å²) in [5.74, 6) is -1.76. The number of halogens is 1. The van der Waals surface area contributed by atoms with E-state index in [4.69, 9.17) is 10.4 Å². The van der Waals surface area contributed by atoms with Crippen LogP contribution in [0.1, 0.15) is 11.1 Å². The van der Waals surface area contributed by atoms with E-state index in [9.17, 15) is 12.8 Å². The van der Waals surface area contributed by atoms with Gasteiger partial charge in [-0.1, -0.05) is 12.1 Å². The first-order valence-electron chi connectivity index (χ1n) is 5.88. The Hall–Kier alpha value is -2.59. The molecule has 5 nitrogen and oxygen atoms in total. The summed E-state index contributed by atoms with van der Waals surface area (Å²) in [5, 5.41) is 17.7. The number of aromatic hydroxyl groups is 1. The van der Waals surface area contributed by atoms with Gasteiger partial charge in [-0.3, -0.25) is 4.72 Å². The fourth-order valence-electron chi connectivity index (χ4n) is 1.68. The van der Waals surface area contributed by atoms with Gasteiger partial charge in [0.05, 0.1) is 23.1 Å². The fourth-order valence-corrected chi connectivity index (χ4v) is 2.87. The molecule has 0 heterocycles. The number of hydrogen-bond donors (Lipinski definition) is 2. The van der Waals surface area contributed by atoms with Gasteiger partial charge in [0.2, 0.25) is 10.0 Å². The zero-order valence-corrected chi connectivity index (χ0v) is 11.6. The highest BCUT2D eigenvalue weighted by Crippen LogP contribution is 2.21. The third kappa shape index (κ3) is 3.94. The van der Waals surface area contributed by atoms with Crippen LogP contribution >= 0.6 is 0 Å². The minimum Gasteiger partial charge on any atom is -0.505 e. The molecule has 0 saturated heterocycles. The lowest BCUT2D eigenvalue weighted by molar-refractivity contribution is 0.432. The summed E-state index contributed by atoms with van der Waals surface area (Å²) < 4.78 is 39.3. The highest BCUT2D eigenvalue weighted by atomic mass is 32.2. The first kappa shape index (κ1) is 14.8. The highest BCUT2D eigenvalue weighted by Gasteiger charge is 2.13. The molecule has 21 heavy (non-hydrogen) atoms. The van der Waals surface area contributed by atoms with Crippen molar-refractivity contribution in [3.8, 4) is 11.8 Å². The van der Waals surface area contributed by atoms with Crippen LogP contribution in [-0.2, 0) is 15.8 Å². The standard InChI is InChI=1S/C14H11FN2O3S/c15-13-7-12(5-6-14(13)18)17-21(19,20)9-11-3-1-10(8-16)2-4-11/h1-7,17-18H,9H2. The second-order valence-electron chi connectivity index (χ2n) is 4.34. The maximum Gasteiger partial charge on any atom is 0.236 e. The van der Waals surface area contributed by atoms with Crippen LogP contribution in [0.2, 0.25) is 0 Å². The van der Waals surface area contributed by atoms with Crippen LogP contribution < -0.4 is 4.72 Å².